The number of rotatable bonds is 5. The van der Waals surface area contributed by atoms with Crippen LogP contribution in [0.2, 0.25) is 39.3 Å². The molecule has 17 heavy (non-hydrogen) atoms. The van der Waals surface area contributed by atoms with Gasteiger partial charge in [-0.3, -0.25) is 9.59 Å². The lowest BCUT2D eigenvalue weighted by Gasteiger charge is -2.43. The van der Waals surface area contributed by atoms with Crippen molar-refractivity contribution in [3.8, 4) is 0 Å². The van der Waals surface area contributed by atoms with E-state index in [2.05, 4.69) is 6.58 Å². The van der Waals surface area contributed by atoms with Crippen LogP contribution in [0.5, 0.6) is 0 Å². The normalized spacial score (nSPS) is 14.0. The molecule has 1 unspecified atom stereocenters. The molecule has 0 radical (unpaired) electrons. The van der Waals surface area contributed by atoms with Crippen molar-refractivity contribution >= 4 is 28.2 Å². The van der Waals surface area contributed by atoms with Crippen molar-refractivity contribution < 1.29 is 14.7 Å². The van der Waals surface area contributed by atoms with Gasteiger partial charge in [-0.15, -0.1) is 0 Å². The SMILES string of the molecule is C=CC(=O)N(C(C(=O)O)[Si](C)(C)C)[Si](C)(C)C. The van der Waals surface area contributed by atoms with E-state index in [1.165, 1.54) is 6.08 Å². The van der Waals surface area contributed by atoms with Gasteiger partial charge in [0.1, 0.15) is 5.67 Å². The number of nitrogens with zero attached hydrogens (tertiary/aromatic N) is 1. The minimum Gasteiger partial charge on any atom is -0.480 e. The Hall–Kier alpha value is -0.886. The molecule has 1 amide bonds. The van der Waals surface area contributed by atoms with Crippen molar-refractivity contribution in [2.75, 3.05) is 0 Å². The first-order valence-electron chi connectivity index (χ1n) is 5.61. The number of hydrogen-bond donors (Lipinski definition) is 1. The third-order valence-electron chi connectivity index (χ3n) is 2.45. The third-order valence-corrected chi connectivity index (χ3v) is 6.78. The molecule has 98 valence electrons. The summed E-state index contributed by atoms with van der Waals surface area (Å²) in [4.78, 5) is 23.4. The van der Waals surface area contributed by atoms with Gasteiger partial charge in [0.25, 0.3) is 0 Å². The van der Waals surface area contributed by atoms with E-state index in [9.17, 15) is 14.7 Å². The molecule has 0 rings (SSSR count). The first kappa shape index (κ1) is 16.1. The summed E-state index contributed by atoms with van der Waals surface area (Å²) in [5.41, 5.74) is -0.681. The summed E-state index contributed by atoms with van der Waals surface area (Å²) in [5.74, 6) is -1.17. The molecule has 0 spiro atoms. The molecular formula is C11H23NO3Si2. The van der Waals surface area contributed by atoms with Crippen LogP contribution in [0.4, 0.5) is 0 Å². The summed E-state index contributed by atoms with van der Waals surface area (Å²) in [7, 11) is -4.05. The molecule has 6 heteroatoms. The predicted octanol–water partition coefficient (Wildman–Crippen LogP) is 2.17. The molecule has 0 aromatic rings. The standard InChI is InChI=1S/C11H23NO3Si2/c1-8-9(13)12(17(5,6)7)10(11(14)15)16(2,3)4/h8,10H,1H2,2-7H3,(H,14,15). The Morgan fingerprint density at radius 1 is 1.18 bits per heavy atom. The van der Waals surface area contributed by atoms with Crippen LogP contribution in [-0.2, 0) is 9.59 Å². The van der Waals surface area contributed by atoms with Gasteiger partial charge in [0.2, 0.25) is 5.91 Å². The number of carboxylic acid groups (broad SMARTS) is 1. The van der Waals surface area contributed by atoms with Gasteiger partial charge in [0.15, 0.2) is 8.24 Å². The van der Waals surface area contributed by atoms with Crippen LogP contribution >= 0.6 is 0 Å². The number of amides is 1. The van der Waals surface area contributed by atoms with E-state index in [1.54, 1.807) is 4.57 Å². The van der Waals surface area contributed by atoms with E-state index in [-0.39, 0.29) is 5.91 Å². The third kappa shape index (κ3) is 4.12. The second-order valence-electron chi connectivity index (χ2n) is 6.19. The highest BCUT2D eigenvalue weighted by Gasteiger charge is 2.44. The maximum absolute atomic E-state index is 12.0. The summed E-state index contributed by atoms with van der Waals surface area (Å²) in [6, 6.07) is 0. The Morgan fingerprint density at radius 2 is 1.59 bits per heavy atom. The number of carboxylic acids is 1. The van der Waals surface area contributed by atoms with Crippen molar-refractivity contribution in [2.45, 2.75) is 44.9 Å². The Bertz CT molecular complexity index is 329. The van der Waals surface area contributed by atoms with Gasteiger partial charge in [-0.1, -0.05) is 45.9 Å². The fraction of sp³-hybridized carbons (Fsp3) is 0.636. The van der Waals surface area contributed by atoms with Gasteiger partial charge >= 0.3 is 5.97 Å². The van der Waals surface area contributed by atoms with Crippen LogP contribution < -0.4 is 0 Å². The van der Waals surface area contributed by atoms with Crippen molar-refractivity contribution in [3.63, 3.8) is 0 Å². The first-order chi connectivity index (χ1) is 7.42. The molecule has 0 aromatic heterocycles. The van der Waals surface area contributed by atoms with E-state index in [0.717, 1.165) is 0 Å². The van der Waals surface area contributed by atoms with Gasteiger partial charge in [-0.05, 0) is 6.08 Å². The van der Waals surface area contributed by atoms with Crippen LogP contribution in [-0.4, -0.2) is 43.5 Å². The highest BCUT2D eigenvalue weighted by atomic mass is 28.3. The minimum atomic E-state index is -2.04. The maximum Gasteiger partial charge on any atom is 0.322 e. The maximum atomic E-state index is 12.0. The van der Waals surface area contributed by atoms with Crippen molar-refractivity contribution in [1.82, 2.24) is 4.57 Å². The van der Waals surface area contributed by atoms with Gasteiger partial charge in [0.05, 0.1) is 8.07 Å². The summed E-state index contributed by atoms with van der Waals surface area (Å²) < 4.78 is 1.58. The number of aliphatic carboxylic acids is 1. The summed E-state index contributed by atoms with van der Waals surface area (Å²) >= 11 is 0. The average molecular weight is 273 g/mol. The van der Waals surface area contributed by atoms with E-state index < -0.39 is 27.9 Å². The molecule has 1 atom stereocenters. The Labute approximate surface area is 105 Å². The molecular weight excluding hydrogens is 250 g/mol. The van der Waals surface area contributed by atoms with E-state index in [4.69, 9.17) is 0 Å². The van der Waals surface area contributed by atoms with Crippen LogP contribution in [0.15, 0.2) is 12.7 Å². The molecule has 0 aliphatic rings. The van der Waals surface area contributed by atoms with Crippen LogP contribution in [0.1, 0.15) is 0 Å². The quantitative estimate of drug-likeness (QED) is 0.617. The fourth-order valence-corrected chi connectivity index (χ4v) is 7.42. The molecule has 0 heterocycles. The van der Waals surface area contributed by atoms with Crippen molar-refractivity contribution in [3.05, 3.63) is 12.7 Å². The topological polar surface area (TPSA) is 57.6 Å². The number of hydrogen-bond acceptors (Lipinski definition) is 2. The van der Waals surface area contributed by atoms with Crippen molar-refractivity contribution in [1.29, 1.82) is 0 Å². The highest BCUT2D eigenvalue weighted by molar-refractivity contribution is 6.84. The molecule has 0 bridgehead atoms. The minimum absolute atomic E-state index is 0.265. The molecule has 4 nitrogen and oxygen atoms in total. The lowest BCUT2D eigenvalue weighted by Crippen LogP contribution is -2.65. The molecule has 0 aliphatic heterocycles. The molecule has 0 saturated heterocycles. The van der Waals surface area contributed by atoms with E-state index in [0.29, 0.717) is 0 Å². The van der Waals surface area contributed by atoms with Gasteiger partial charge in [-0.25, -0.2) is 0 Å². The second-order valence-corrected chi connectivity index (χ2v) is 16.3. The zero-order valence-corrected chi connectivity index (χ0v) is 13.6. The Balaban J connectivity index is 5.64. The zero-order valence-electron chi connectivity index (χ0n) is 11.6. The molecule has 0 aromatic carbocycles. The van der Waals surface area contributed by atoms with Crippen molar-refractivity contribution in [2.24, 2.45) is 0 Å². The summed E-state index contributed by atoms with van der Waals surface area (Å²) in [5, 5.41) is 9.42. The lowest BCUT2D eigenvalue weighted by atomic mass is 10.5. The Kier molecular flexibility index (Phi) is 4.91. The summed E-state index contributed by atoms with van der Waals surface area (Å²) in [6.07, 6.45) is 1.22. The van der Waals surface area contributed by atoms with Crippen LogP contribution in [0.3, 0.4) is 0 Å². The molecule has 1 N–H and O–H groups in total. The van der Waals surface area contributed by atoms with Gasteiger partial charge in [0, 0.05) is 0 Å². The highest BCUT2D eigenvalue weighted by Crippen LogP contribution is 2.22. The molecule has 0 aliphatic carbocycles. The van der Waals surface area contributed by atoms with Crippen LogP contribution in [0, 0.1) is 0 Å². The predicted molar refractivity (Wildman–Crippen MR) is 75.2 cm³/mol. The Morgan fingerprint density at radius 3 is 1.76 bits per heavy atom. The second kappa shape index (κ2) is 5.18. The zero-order chi connectivity index (χ0) is 14.0. The van der Waals surface area contributed by atoms with Gasteiger partial charge in [-0.2, -0.15) is 0 Å². The monoisotopic (exact) mass is 273 g/mol. The van der Waals surface area contributed by atoms with Crippen LogP contribution in [0.25, 0.3) is 0 Å². The van der Waals surface area contributed by atoms with E-state index >= 15 is 0 Å². The average Bonchev–Trinajstić information content (AvgIpc) is 2.08. The number of carbonyl (C=O) groups is 2. The first-order valence-corrected chi connectivity index (χ1v) is 12.6. The lowest BCUT2D eigenvalue weighted by molar-refractivity contribution is -0.142. The number of carbonyl (C=O) groups excluding carboxylic acids is 1. The fourth-order valence-electron chi connectivity index (χ4n) is 1.81. The van der Waals surface area contributed by atoms with E-state index in [1.807, 2.05) is 39.3 Å². The summed E-state index contributed by atoms with van der Waals surface area (Å²) in [6.45, 7) is 15.3. The molecule has 0 fully saturated rings. The smallest absolute Gasteiger partial charge is 0.322 e. The largest absolute Gasteiger partial charge is 0.480 e. The molecule has 0 saturated carbocycles. The van der Waals surface area contributed by atoms with Gasteiger partial charge < -0.3 is 9.67 Å².